The molecule has 0 aromatic heterocycles. The monoisotopic (exact) mass is 420 g/mol. The largest absolute Gasteiger partial charge is 0.394 e. The molecule has 2 aliphatic rings. The van der Waals surface area contributed by atoms with Crippen LogP contribution < -0.4 is 10.2 Å². The van der Waals surface area contributed by atoms with Gasteiger partial charge in [-0.2, -0.15) is 0 Å². The van der Waals surface area contributed by atoms with Crippen molar-refractivity contribution in [1.82, 2.24) is 5.32 Å². The lowest BCUT2D eigenvalue weighted by Gasteiger charge is -2.30. The van der Waals surface area contributed by atoms with Crippen molar-refractivity contribution in [3.05, 3.63) is 65.0 Å². The van der Waals surface area contributed by atoms with Gasteiger partial charge in [-0.3, -0.25) is 4.79 Å². The molecule has 1 saturated carbocycles. The fraction of sp³-hybridized carbons (Fsp3) is 0.409. The lowest BCUT2D eigenvalue weighted by atomic mass is 10.0. The predicted octanol–water partition coefficient (Wildman–Crippen LogP) is 2.89. The molecule has 1 aliphatic heterocycles. The third-order valence-electron chi connectivity index (χ3n) is 5.71. The van der Waals surface area contributed by atoms with Crippen LogP contribution in [0.15, 0.2) is 36.4 Å². The van der Waals surface area contributed by atoms with Gasteiger partial charge < -0.3 is 20.1 Å². The molecule has 1 saturated heterocycles. The molecule has 0 radical (unpaired) electrons. The van der Waals surface area contributed by atoms with E-state index in [2.05, 4.69) is 5.32 Å². The summed E-state index contributed by atoms with van der Waals surface area (Å²) in [7, 11) is 0. The van der Waals surface area contributed by atoms with Crippen LogP contribution >= 0.6 is 0 Å². The van der Waals surface area contributed by atoms with E-state index in [4.69, 9.17) is 4.74 Å². The van der Waals surface area contributed by atoms with Crippen molar-refractivity contribution in [1.29, 1.82) is 0 Å². The first-order valence-corrected chi connectivity index (χ1v) is 9.96. The number of anilines is 1. The highest BCUT2D eigenvalue weighted by Crippen LogP contribution is 2.48. The van der Waals surface area contributed by atoms with Gasteiger partial charge in [-0.25, -0.2) is 13.2 Å². The molecule has 4 rings (SSSR count). The quantitative estimate of drug-likeness (QED) is 0.755. The van der Waals surface area contributed by atoms with Crippen LogP contribution in [-0.2, 0) is 9.53 Å². The van der Waals surface area contributed by atoms with E-state index in [0.717, 1.165) is 18.2 Å². The molecule has 1 unspecified atom stereocenters. The summed E-state index contributed by atoms with van der Waals surface area (Å²) in [5.41, 5.74) is 1.16. The van der Waals surface area contributed by atoms with E-state index >= 15 is 0 Å². The number of hydrogen-bond donors (Lipinski definition) is 2. The molecule has 2 fully saturated rings. The van der Waals surface area contributed by atoms with E-state index < -0.39 is 29.5 Å². The highest BCUT2D eigenvalue weighted by atomic mass is 19.1. The minimum Gasteiger partial charge on any atom is -0.394 e. The van der Waals surface area contributed by atoms with E-state index in [-0.39, 0.29) is 23.9 Å². The third-order valence-corrected chi connectivity index (χ3v) is 5.71. The van der Waals surface area contributed by atoms with Gasteiger partial charge in [-0.15, -0.1) is 0 Å². The summed E-state index contributed by atoms with van der Waals surface area (Å²) in [6.45, 7) is 1.75. The summed E-state index contributed by atoms with van der Waals surface area (Å²) in [6, 6.07) is 6.95. The van der Waals surface area contributed by atoms with Crippen LogP contribution in [-0.4, -0.2) is 43.9 Å². The number of nitrogens with one attached hydrogen (secondary N) is 1. The van der Waals surface area contributed by atoms with Crippen molar-refractivity contribution < 1.29 is 27.8 Å². The average Bonchev–Trinajstić information content (AvgIpc) is 3.55. The Morgan fingerprint density at radius 1 is 1.13 bits per heavy atom. The van der Waals surface area contributed by atoms with Crippen LogP contribution in [0.5, 0.6) is 0 Å². The Morgan fingerprint density at radius 2 is 1.87 bits per heavy atom. The van der Waals surface area contributed by atoms with Crippen molar-refractivity contribution in [3.63, 3.8) is 0 Å². The molecule has 1 heterocycles. The molecule has 5 nitrogen and oxygen atoms in total. The maximum atomic E-state index is 14.3. The number of morpholine rings is 1. The second-order valence-electron chi connectivity index (χ2n) is 7.67. The Kier molecular flexibility index (Phi) is 5.97. The second-order valence-corrected chi connectivity index (χ2v) is 7.67. The van der Waals surface area contributed by atoms with Gasteiger partial charge in [0, 0.05) is 19.0 Å². The molecule has 1 aliphatic carbocycles. The molecule has 0 bridgehead atoms. The van der Waals surface area contributed by atoms with Crippen molar-refractivity contribution in [3.8, 4) is 0 Å². The van der Waals surface area contributed by atoms with E-state index in [0.29, 0.717) is 44.0 Å². The lowest BCUT2D eigenvalue weighted by molar-refractivity contribution is -0.123. The van der Waals surface area contributed by atoms with Crippen molar-refractivity contribution in [2.45, 2.75) is 18.4 Å². The van der Waals surface area contributed by atoms with Gasteiger partial charge in [0.15, 0.2) is 0 Å². The Hall–Kier alpha value is -2.58. The number of aliphatic hydroxyl groups excluding tert-OH is 1. The first-order valence-electron chi connectivity index (χ1n) is 9.96. The van der Waals surface area contributed by atoms with E-state index in [1.807, 2.05) is 4.90 Å². The van der Waals surface area contributed by atoms with E-state index in [1.165, 1.54) is 12.1 Å². The number of halogens is 3. The Bertz CT molecular complexity index is 934. The first-order chi connectivity index (χ1) is 14.5. The van der Waals surface area contributed by atoms with Gasteiger partial charge in [0.05, 0.1) is 31.5 Å². The molecule has 1 amide bonds. The first kappa shape index (κ1) is 20.7. The number of hydrogen-bond acceptors (Lipinski definition) is 4. The molecular weight excluding hydrogens is 397 g/mol. The average molecular weight is 420 g/mol. The Labute approximate surface area is 172 Å². The topological polar surface area (TPSA) is 61.8 Å². The number of carbonyl (C=O) groups excluding carboxylic acids is 1. The van der Waals surface area contributed by atoms with Gasteiger partial charge in [-0.1, -0.05) is 6.07 Å². The fourth-order valence-corrected chi connectivity index (χ4v) is 3.93. The Morgan fingerprint density at radius 3 is 2.60 bits per heavy atom. The summed E-state index contributed by atoms with van der Waals surface area (Å²) in [5.74, 6) is -2.70. The highest BCUT2D eigenvalue weighted by Gasteiger charge is 2.45. The van der Waals surface area contributed by atoms with Gasteiger partial charge in [0.25, 0.3) is 0 Å². The van der Waals surface area contributed by atoms with E-state index in [9.17, 15) is 23.1 Å². The minimum atomic E-state index is -0.725. The molecule has 0 spiro atoms. The zero-order chi connectivity index (χ0) is 21.3. The summed E-state index contributed by atoms with van der Waals surface area (Å²) < 4.78 is 47.0. The van der Waals surface area contributed by atoms with Gasteiger partial charge >= 0.3 is 0 Å². The molecular formula is C22H23F3N2O3. The molecule has 3 atom stereocenters. The second kappa shape index (κ2) is 8.65. The summed E-state index contributed by atoms with van der Waals surface area (Å²) in [5, 5.41) is 12.6. The maximum Gasteiger partial charge on any atom is 0.224 e. The van der Waals surface area contributed by atoms with Crippen LogP contribution in [0.25, 0.3) is 0 Å². The minimum absolute atomic E-state index is 0.187. The zero-order valence-electron chi connectivity index (χ0n) is 16.3. The number of amides is 1. The molecule has 30 heavy (non-hydrogen) atoms. The van der Waals surface area contributed by atoms with Crippen molar-refractivity contribution in [2.24, 2.45) is 5.92 Å². The van der Waals surface area contributed by atoms with Crippen molar-refractivity contribution in [2.75, 3.05) is 37.8 Å². The summed E-state index contributed by atoms with van der Waals surface area (Å²) in [4.78, 5) is 14.5. The fourth-order valence-electron chi connectivity index (χ4n) is 3.93. The normalized spacial score (nSPS) is 21.9. The number of benzene rings is 2. The number of rotatable bonds is 6. The van der Waals surface area contributed by atoms with Crippen molar-refractivity contribution >= 4 is 11.6 Å². The van der Waals surface area contributed by atoms with Crippen LogP contribution in [0.3, 0.4) is 0 Å². The molecule has 8 heteroatoms. The number of carbonyl (C=O) groups is 1. The highest BCUT2D eigenvalue weighted by molar-refractivity contribution is 5.83. The van der Waals surface area contributed by atoms with Gasteiger partial charge in [-0.05, 0) is 53.8 Å². The zero-order valence-corrected chi connectivity index (χ0v) is 16.3. The molecule has 2 aromatic rings. The SMILES string of the molecule is O=C(N[C@@H](CO)c1ccc(F)c(N2CCOCC2)c1)C1C[C@@H]1c1cc(F)ccc1F. The maximum absolute atomic E-state index is 14.3. The number of aliphatic hydroxyl groups is 1. The smallest absolute Gasteiger partial charge is 0.224 e. The van der Waals surface area contributed by atoms with E-state index in [1.54, 1.807) is 6.07 Å². The predicted molar refractivity (Wildman–Crippen MR) is 105 cm³/mol. The van der Waals surface area contributed by atoms with Crippen LogP contribution in [0, 0.1) is 23.4 Å². The lowest BCUT2D eigenvalue weighted by Crippen LogP contribution is -2.37. The van der Waals surface area contributed by atoms with Crippen LogP contribution in [0.1, 0.15) is 29.5 Å². The molecule has 2 aromatic carbocycles. The van der Waals surface area contributed by atoms with Gasteiger partial charge in [0.2, 0.25) is 5.91 Å². The molecule has 160 valence electrons. The van der Waals surface area contributed by atoms with Crippen LogP contribution in [0.4, 0.5) is 18.9 Å². The number of nitrogens with zero attached hydrogens (tertiary/aromatic N) is 1. The Balaban J connectivity index is 1.46. The van der Waals surface area contributed by atoms with Crippen LogP contribution in [0.2, 0.25) is 0 Å². The molecule has 2 N–H and O–H groups in total. The third kappa shape index (κ3) is 4.29. The standard InChI is InChI=1S/C22H23F3N2O3/c23-14-2-4-18(24)16(10-14)15-11-17(15)22(29)26-20(12-28)13-1-3-19(25)21(9-13)27-5-7-30-8-6-27/h1-4,9-10,15,17,20,28H,5-8,11-12H2,(H,26,29)/t15-,17?,20+/m1/s1. The summed E-state index contributed by atoms with van der Waals surface area (Å²) >= 11 is 0. The number of ether oxygens (including phenoxy) is 1. The van der Waals surface area contributed by atoms with Gasteiger partial charge in [0.1, 0.15) is 17.5 Å². The summed E-state index contributed by atoms with van der Waals surface area (Å²) in [6.07, 6.45) is 0.410.